The Labute approximate surface area is 175 Å². The Balaban J connectivity index is 1.35. The van der Waals surface area contributed by atoms with Crippen LogP contribution in [-0.4, -0.2) is 58.6 Å². The molecule has 3 aromatic rings. The standard InChI is InChI=1S/C21H26N6OS/c1-2-22-21(27-11-9-26(10-12-27)15-18-8-13-28-25-18)23-14-19-16-29-20(24-19)17-6-4-3-5-7-17/h3-8,13,16H,2,9-12,14-15H2,1H3,(H,22,23). The predicted octanol–water partition coefficient (Wildman–Crippen LogP) is 3.08. The van der Waals surface area contributed by atoms with Crippen LogP contribution in [0.5, 0.6) is 0 Å². The fraction of sp³-hybridized carbons (Fsp3) is 0.381. The molecule has 1 aromatic carbocycles. The van der Waals surface area contributed by atoms with E-state index in [1.807, 2.05) is 24.3 Å². The third kappa shape index (κ3) is 5.21. The van der Waals surface area contributed by atoms with E-state index in [1.54, 1.807) is 17.6 Å². The highest BCUT2D eigenvalue weighted by Crippen LogP contribution is 2.23. The van der Waals surface area contributed by atoms with Crippen LogP contribution in [0.15, 0.2) is 57.6 Å². The maximum atomic E-state index is 4.93. The zero-order valence-electron chi connectivity index (χ0n) is 16.6. The van der Waals surface area contributed by atoms with Crippen LogP contribution < -0.4 is 5.32 Å². The van der Waals surface area contributed by atoms with Crippen LogP contribution in [-0.2, 0) is 13.1 Å². The molecule has 0 spiro atoms. The van der Waals surface area contributed by atoms with Gasteiger partial charge in [0.05, 0.1) is 17.9 Å². The summed E-state index contributed by atoms with van der Waals surface area (Å²) in [5.41, 5.74) is 3.15. The Kier molecular flexibility index (Phi) is 6.53. The van der Waals surface area contributed by atoms with Crippen molar-refractivity contribution < 1.29 is 4.52 Å². The zero-order chi connectivity index (χ0) is 19.9. The summed E-state index contributed by atoms with van der Waals surface area (Å²) in [6, 6.07) is 12.2. The number of hydrogen-bond donors (Lipinski definition) is 1. The molecule has 7 nitrogen and oxygen atoms in total. The van der Waals surface area contributed by atoms with Gasteiger partial charge in [0.1, 0.15) is 11.3 Å². The first-order chi connectivity index (χ1) is 14.3. The van der Waals surface area contributed by atoms with Crippen molar-refractivity contribution in [1.82, 2.24) is 25.3 Å². The van der Waals surface area contributed by atoms with Gasteiger partial charge in [-0.3, -0.25) is 4.90 Å². The van der Waals surface area contributed by atoms with Crippen molar-refractivity contribution in [3.05, 3.63) is 59.4 Å². The van der Waals surface area contributed by atoms with E-state index in [0.717, 1.165) is 67.2 Å². The minimum Gasteiger partial charge on any atom is -0.364 e. The molecule has 1 aliphatic rings. The molecule has 0 atom stereocenters. The molecule has 3 heterocycles. The fourth-order valence-electron chi connectivity index (χ4n) is 3.34. The van der Waals surface area contributed by atoms with E-state index in [-0.39, 0.29) is 0 Å². The van der Waals surface area contributed by atoms with Crippen molar-refractivity contribution in [3.63, 3.8) is 0 Å². The number of thiazole rings is 1. The van der Waals surface area contributed by atoms with Crippen LogP contribution in [0.4, 0.5) is 0 Å². The van der Waals surface area contributed by atoms with Crippen molar-refractivity contribution >= 4 is 17.3 Å². The van der Waals surface area contributed by atoms with Crippen LogP contribution in [0.25, 0.3) is 10.6 Å². The average molecular weight is 411 g/mol. The van der Waals surface area contributed by atoms with E-state index in [1.165, 1.54) is 0 Å². The van der Waals surface area contributed by atoms with Gasteiger partial charge >= 0.3 is 0 Å². The molecule has 1 fully saturated rings. The number of nitrogens with one attached hydrogen (secondary N) is 1. The maximum absolute atomic E-state index is 4.93. The van der Waals surface area contributed by atoms with Crippen LogP contribution >= 0.6 is 11.3 Å². The lowest BCUT2D eigenvalue weighted by Gasteiger charge is -2.36. The van der Waals surface area contributed by atoms with Crippen LogP contribution in [0, 0.1) is 0 Å². The molecule has 1 aliphatic heterocycles. The molecule has 0 amide bonds. The van der Waals surface area contributed by atoms with Crippen LogP contribution in [0.2, 0.25) is 0 Å². The van der Waals surface area contributed by atoms with E-state index in [4.69, 9.17) is 14.5 Å². The average Bonchev–Trinajstić information content (AvgIpc) is 3.45. The van der Waals surface area contributed by atoms with Gasteiger partial charge in [0, 0.05) is 56.3 Å². The summed E-state index contributed by atoms with van der Waals surface area (Å²) < 4.78 is 4.93. The normalized spacial score (nSPS) is 15.6. The summed E-state index contributed by atoms with van der Waals surface area (Å²) in [7, 11) is 0. The Morgan fingerprint density at radius 2 is 1.97 bits per heavy atom. The molecule has 0 unspecified atom stereocenters. The van der Waals surface area contributed by atoms with E-state index >= 15 is 0 Å². The molecule has 1 N–H and O–H groups in total. The van der Waals surface area contributed by atoms with Gasteiger partial charge in [0.2, 0.25) is 0 Å². The topological polar surface area (TPSA) is 69.8 Å². The summed E-state index contributed by atoms with van der Waals surface area (Å²) in [6.07, 6.45) is 1.63. The smallest absolute Gasteiger partial charge is 0.194 e. The lowest BCUT2D eigenvalue weighted by atomic mass is 10.2. The second-order valence-corrected chi connectivity index (χ2v) is 7.79. The minimum atomic E-state index is 0.588. The molecule has 0 radical (unpaired) electrons. The first-order valence-corrected chi connectivity index (χ1v) is 10.8. The minimum absolute atomic E-state index is 0.588. The molecular weight excluding hydrogens is 384 g/mol. The van der Waals surface area contributed by atoms with Gasteiger partial charge in [-0.2, -0.15) is 0 Å². The number of hydrogen-bond acceptors (Lipinski definition) is 6. The van der Waals surface area contributed by atoms with Gasteiger partial charge in [0.15, 0.2) is 5.96 Å². The van der Waals surface area contributed by atoms with Crippen LogP contribution in [0.1, 0.15) is 18.3 Å². The van der Waals surface area contributed by atoms with Crippen molar-refractivity contribution in [2.75, 3.05) is 32.7 Å². The molecule has 4 rings (SSSR count). The predicted molar refractivity (Wildman–Crippen MR) is 116 cm³/mol. The number of aliphatic imine (C=N–C) groups is 1. The number of benzene rings is 1. The van der Waals surface area contributed by atoms with E-state index in [9.17, 15) is 0 Å². The van der Waals surface area contributed by atoms with Crippen molar-refractivity contribution in [2.45, 2.75) is 20.0 Å². The molecule has 0 saturated carbocycles. The molecule has 0 aliphatic carbocycles. The second-order valence-electron chi connectivity index (χ2n) is 6.93. The number of aromatic nitrogens is 2. The Bertz CT molecular complexity index is 900. The van der Waals surface area contributed by atoms with E-state index in [0.29, 0.717) is 6.54 Å². The van der Waals surface area contributed by atoms with Gasteiger partial charge in [-0.15, -0.1) is 11.3 Å². The number of guanidine groups is 1. The quantitative estimate of drug-likeness (QED) is 0.497. The first-order valence-electron chi connectivity index (χ1n) is 9.96. The fourth-order valence-corrected chi connectivity index (χ4v) is 4.16. The van der Waals surface area contributed by atoms with E-state index < -0.39 is 0 Å². The monoisotopic (exact) mass is 410 g/mol. The molecule has 8 heteroatoms. The third-order valence-corrected chi connectivity index (χ3v) is 5.79. The van der Waals surface area contributed by atoms with Crippen molar-refractivity contribution in [3.8, 4) is 10.6 Å². The summed E-state index contributed by atoms with van der Waals surface area (Å²) in [6.45, 7) is 8.21. The van der Waals surface area contributed by atoms with Gasteiger partial charge in [-0.05, 0) is 6.92 Å². The highest BCUT2D eigenvalue weighted by atomic mass is 32.1. The molecule has 29 heavy (non-hydrogen) atoms. The number of piperazine rings is 1. The Hall–Kier alpha value is -2.71. The first kappa shape index (κ1) is 19.6. The second kappa shape index (κ2) is 9.67. The summed E-state index contributed by atoms with van der Waals surface area (Å²) in [5, 5.41) is 10.6. The summed E-state index contributed by atoms with van der Waals surface area (Å²) in [4.78, 5) is 14.3. The van der Waals surface area contributed by atoms with Crippen LogP contribution in [0.3, 0.4) is 0 Å². The highest BCUT2D eigenvalue weighted by molar-refractivity contribution is 7.13. The summed E-state index contributed by atoms with van der Waals surface area (Å²) in [5.74, 6) is 0.961. The molecule has 0 bridgehead atoms. The van der Waals surface area contributed by atoms with Gasteiger partial charge in [-0.1, -0.05) is 35.5 Å². The molecule has 152 valence electrons. The van der Waals surface area contributed by atoms with Gasteiger partial charge in [-0.25, -0.2) is 9.98 Å². The summed E-state index contributed by atoms with van der Waals surface area (Å²) >= 11 is 1.67. The molecular formula is C21H26N6OS. The molecule has 2 aromatic heterocycles. The van der Waals surface area contributed by atoms with Crippen molar-refractivity contribution in [2.24, 2.45) is 4.99 Å². The zero-order valence-corrected chi connectivity index (χ0v) is 17.4. The van der Waals surface area contributed by atoms with Crippen molar-refractivity contribution in [1.29, 1.82) is 0 Å². The lowest BCUT2D eigenvalue weighted by Crippen LogP contribution is -2.52. The Morgan fingerprint density at radius 3 is 2.69 bits per heavy atom. The Morgan fingerprint density at radius 1 is 1.14 bits per heavy atom. The number of rotatable bonds is 6. The highest BCUT2D eigenvalue weighted by Gasteiger charge is 2.20. The van der Waals surface area contributed by atoms with E-state index in [2.05, 4.69) is 44.7 Å². The number of nitrogens with zero attached hydrogens (tertiary/aromatic N) is 5. The van der Waals surface area contributed by atoms with Gasteiger partial charge in [0.25, 0.3) is 0 Å². The lowest BCUT2D eigenvalue weighted by molar-refractivity contribution is 0.169. The maximum Gasteiger partial charge on any atom is 0.194 e. The van der Waals surface area contributed by atoms with Gasteiger partial charge < -0.3 is 14.7 Å². The molecule has 1 saturated heterocycles. The third-order valence-electron chi connectivity index (χ3n) is 4.85. The SMILES string of the molecule is CCNC(=NCc1csc(-c2ccccc2)n1)N1CCN(Cc2ccon2)CC1. The largest absolute Gasteiger partial charge is 0.364 e.